The van der Waals surface area contributed by atoms with Crippen LogP contribution in [-0.2, 0) is 6.54 Å². The van der Waals surface area contributed by atoms with Crippen molar-refractivity contribution in [3.63, 3.8) is 0 Å². The van der Waals surface area contributed by atoms with Crippen LogP contribution in [0.15, 0.2) is 42.5 Å². The molecule has 0 radical (unpaired) electrons. The maximum Gasteiger partial charge on any atom is 0.147 e. The van der Waals surface area contributed by atoms with E-state index >= 15 is 0 Å². The van der Waals surface area contributed by atoms with Crippen molar-refractivity contribution in [1.29, 1.82) is 0 Å². The summed E-state index contributed by atoms with van der Waals surface area (Å²) in [7, 11) is 0. The van der Waals surface area contributed by atoms with Gasteiger partial charge in [0.15, 0.2) is 0 Å². The zero-order valence-corrected chi connectivity index (χ0v) is 11.9. The predicted molar refractivity (Wildman–Crippen MR) is 82.7 cm³/mol. The van der Waals surface area contributed by atoms with E-state index in [0.717, 1.165) is 22.1 Å². The molecule has 1 aliphatic rings. The molecule has 1 aromatic heterocycles. The van der Waals surface area contributed by atoms with Crippen LogP contribution in [0.4, 0.5) is 0 Å². The summed E-state index contributed by atoms with van der Waals surface area (Å²) in [5.41, 5.74) is 1.15. The van der Waals surface area contributed by atoms with E-state index in [1.807, 2.05) is 0 Å². The van der Waals surface area contributed by atoms with Crippen molar-refractivity contribution in [3.8, 4) is 10.6 Å². The molecule has 3 aromatic rings. The molecule has 3 nitrogen and oxygen atoms in total. The topological polar surface area (TPSA) is 37.8 Å². The molecule has 4 rings (SSSR count). The highest BCUT2D eigenvalue weighted by Gasteiger charge is 2.20. The van der Waals surface area contributed by atoms with Crippen LogP contribution in [0.3, 0.4) is 0 Å². The Hall–Kier alpha value is -1.78. The van der Waals surface area contributed by atoms with Crippen LogP contribution < -0.4 is 5.32 Å². The number of fused-ring (bicyclic) bond motifs is 1. The van der Waals surface area contributed by atoms with Crippen LogP contribution in [0.5, 0.6) is 0 Å². The Morgan fingerprint density at radius 1 is 1.05 bits per heavy atom. The molecule has 1 N–H and O–H groups in total. The van der Waals surface area contributed by atoms with Crippen molar-refractivity contribution in [3.05, 3.63) is 47.5 Å². The Balaban J connectivity index is 1.60. The molecule has 1 aliphatic carbocycles. The number of rotatable bonds is 4. The lowest BCUT2D eigenvalue weighted by Gasteiger charge is -2.00. The number of aromatic nitrogens is 2. The first-order valence-corrected chi connectivity index (χ1v) is 7.75. The summed E-state index contributed by atoms with van der Waals surface area (Å²) >= 11 is 1.68. The molecule has 0 spiro atoms. The lowest BCUT2D eigenvalue weighted by atomic mass is 10.1. The number of nitrogens with one attached hydrogen (secondary N) is 1. The van der Waals surface area contributed by atoms with Gasteiger partial charge < -0.3 is 5.32 Å². The fourth-order valence-corrected chi connectivity index (χ4v) is 3.07. The second-order valence-corrected chi connectivity index (χ2v) is 6.28. The maximum atomic E-state index is 4.32. The lowest BCUT2D eigenvalue weighted by Crippen LogP contribution is -2.14. The molecule has 2 aromatic carbocycles. The summed E-state index contributed by atoms with van der Waals surface area (Å²) < 4.78 is 0. The minimum absolute atomic E-state index is 0.711. The number of hydrogen-bond donors (Lipinski definition) is 1. The number of nitrogens with zero attached hydrogens (tertiary/aromatic N) is 2. The molecule has 0 amide bonds. The molecule has 1 fully saturated rings. The van der Waals surface area contributed by atoms with Crippen LogP contribution >= 0.6 is 11.3 Å². The fourth-order valence-electron chi connectivity index (χ4n) is 2.28. The third-order valence-corrected chi connectivity index (χ3v) is 4.55. The maximum absolute atomic E-state index is 4.32. The standard InChI is InChI=1S/C16H15N3S/c1-2-4-12-9-13(6-5-11(12)3-1)16-19-18-15(20-16)10-17-14-7-8-14/h1-6,9,14,17H,7-8,10H2. The first-order valence-electron chi connectivity index (χ1n) is 6.93. The molecule has 0 bridgehead atoms. The molecular weight excluding hydrogens is 266 g/mol. The third kappa shape index (κ3) is 2.44. The van der Waals surface area contributed by atoms with Crippen molar-refractivity contribution in [1.82, 2.24) is 15.5 Å². The Labute approximate surface area is 121 Å². The van der Waals surface area contributed by atoms with Crippen LogP contribution in [0.2, 0.25) is 0 Å². The lowest BCUT2D eigenvalue weighted by molar-refractivity contribution is 0.679. The van der Waals surface area contributed by atoms with Crippen molar-refractivity contribution in [2.24, 2.45) is 0 Å². The first-order chi connectivity index (χ1) is 9.88. The van der Waals surface area contributed by atoms with Gasteiger partial charge in [-0.1, -0.05) is 47.7 Å². The van der Waals surface area contributed by atoms with Gasteiger partial charge in [-0.25, -0.2) is 0 Å². The second kappa shape index (κ2) is 4.96. The molecular formula is C16H15N3S. The monoisotopic (exact) mass is 281 g/mol. The van der Waals surface area contributed by atoms with Gasteiger partial charge in [0.2, 0.25) is 0 Å². The summed E-state index contributed by atoms with van der Waals surface area (Å²) in [5, 5.41) is 16.7. The van der Waals surface area contributed by atoms with Gasteiger partial charge in [-0.3, -0.25) is 0 Å². The molecule has 0 aliphatic heterocycles. The summed E-state index contributed by atoms with van der Waals surface area (Å²) in [5.74, 6) is 0. The minimum atomic E-state index is 0.711. The molecule has 1 saturated carbocycles. The quantitative estimate of drug-likeness (QED) is 0.794. The number of hydrogen-bond acceptors (Lipinski definition) is 4. The fraction of sp³-hybridized carbons (Fsp3) is 0.250. The Morgan fingerprint density at radius 3 is 2.75 bits per heavy atom. The summed E-state index contributed by atoms with van der Waals surface area (Å²) in [6.45, 7) is 0.843. The Kier molecular flexibility index (Phi) is 2.98. The van der Waals surface area contributed by atoms with E-state index in [1.165, 1.54) is 23.6 Å². The average Bonchev–Trinajstić information content (AvgIpc) is 3.21. The summed E-state index contributed by atoms with van der Waals surface area (Å²) in [4.78, 5) is 0. The van der Waals surface area contributed by atoms with Gasteiger partial charge in [0.05, 0.1) is 0 Å². The van der Waals surface area contributed by atoms with Crippen LogP contribution in [0, 0.1) is 0 Å². The molecule has 100 valence electrons. The smallest absolute Gasteiger partial charge is 0.147 e. The zero-order chi connectivity index (χ0) is 13.4. The molecule has 0 atom stereocenters. The van der Waals surface area contributed by atoms with Crippen molar-refractivity contribution < 1.29 is 0 Å². The zero-order valence-electron chi connectivity index (χ0n) is 11.0. The van der Waals surface area contributed by atoms with Gasteiger partial charge in [0.25, 0.3) is 0 Å². The largest absolute Gasteiger partial charge is 0.308 e. The third-order valence-electron chi connectivity index (χ3n) is 3.58. The van der Waals surface area contributed by atoms with E-state index in [4.69, 9.17) is 0 Å². The molecule has 0 saturated heterocycles. The highest BCUT2D eigenvalue weighted by atomic mass is 32.1. The highest BCUT2D eigenvalue weighted by molar-refractivity contribution is 7.14. The average molecular weight is 281 g/mol. The first kappa shape index (κ1) is 12.0. The molecule has 0 unspecified atom stereocenters. The van der Waals surface area contributed by atoms with E-state index in [-0.39, 0.29) is 0 Å². The van der Waals surface area contributed by atoms with E-state index in [1.54, 1.807) is 11.3 Å². The van der Waals surface area contributed by atoms with Gasteiger partial charge in [-0.15, -0.1) is 10.2 Å². The SMILES string of the molecule is c1ccc2cc(-c3nnc(CNC4CC4)s3)ccc2c1. The van der Waals surface area contributed by atoms with Crippen molar-refractivity contribution in [2.75, 3.05) is 0 Å². The van der Waals surface area contributed by atoms with Gasteiger partial charge >= 0.3 is 0 Å². The Bertz CT molecular complexity index is 746. The normalized spacial score (nSPS) is 14.8. The van der Waals surface area contributed by atoms with E-state index in [9.17, 15) is 0 Å². The van der Waals surface area contributed by atoms with Gasteiger partial charge in [-0.05, 0) is 29.7 Å². The molecule has 1 heterocycles. The van der Waals surface area contributed by atoms with Crippen LogP contribution in [0.25, 0.3) is 21.3 Å². The number of benzene rings is 2. The van der Waals surface area contributed by atoms with Gasteiger partial charge in [-0.2, -0.15) is 0 Å². The predicted octanol–water partition coefficient (Wildman–Crippen LogP) is 3.61. The summed E-state index contributed by atoms with van der Waals surface area (Å²) in [6, 6.07) is 15.6. The minimum Gasteiger partial charge on any atom is -0.308 e. The van der Waals surface area contributed by atoms with Gasteiger partial charge in [0.1, 0.15) is 10.0 Å². The Morgan fingerprint density at radius 2 is 1.90 bits per heavy atom. The van der Waals surface area contributed by atoms with Crippen LogP contribution in [-0.4, -0.2) is 16.2 Å². The molecule has 4 heteroatoms. The van der Waals surface area contributed by atoms with E-state index in [2.05, 4.69) is 58.0 Å². The summed E-state index contributed by atoms with van der Waals surface area (Å²) in [6.07, 6.45) is 2.60. The van der Waals surface area contributed by atoms with E-state index in [0.29, 0.717) is 6.04 Å². The van der Waals surface area contributed by atoms with Crippen molar-refractivity contribution >= 4 is 22.1 Å². The van der Waals surface area contributed by atoms with E-state index < -0.39 is 0 Å². The van der Waals surface area contributed by atoms with Crippen molar-refractivity contribution in [2.45, 2.75) is 25.4 Å². The second-order valence-electron chi connectivity index (χ2n) is 5.22. The van der Waals surface area contributed by atoms with Gasteiger partial charge in [0, 0.05) is 18.2 Å². The molecule has 20 heavy (non-hydrogen) atoms. The van der Waals surface area contributed by atoms with Crippen LogP contribution in [0.1, 0.15) is 17.8 Å². The highest BCUT2D eigenvalue weighted by Crippen LogP contribution is 2.27.